The summed E-state index contributed by atoms with van der Waals surface area (Å²) in [4.78, 5) is 39.2. The number of aryl methyl sites for hydroxylation is 2. The van der Waals surface area contributed by atoms with Crippen molar-refractivity contribution in [2.75, 3.05) is 6.61 Å². The number of hydrogen-bond acceptors (Lipinski definition) is 10. The summed E-state index contributed by atoms with van der Waals surface area (Å²) in [5.41, 5.74) is 17.4. The molecule has 2 aromatic heterocycles. The lowest BCUT2D eigenvalue weighted by molar-refractivity contribution is -0.142. The van der Waals surface area contributed by atoms with E-state index in [2.05, 4.69) is 5.43 Å². The van der Waals surface area contributed by atoms with Crippen LogP contribution in [0.5, 0.6) is 5.75 Å². The SMILES string of the molecule is CC.CC(=O)OCc1c(O)cc2n(c1=O)Cc1c-2nc2cc(F)c(C)c3c2c1CCC3.NN/C(CCO)=C(\N)C(N)=O. The Labute approximate surface area is 241 Å². The summed E-state index contributed by atoms with van der Waals surface area (Å²) >= 11 is 0. The number of nitrogens with zero attached hydrogens (tertiary/aromatic N) is 2. The lowest BCUT2D eigenvalue weighted by atomic mass is 9.85. The van der Waals surface area contributed by atoms with Gasteiger partial charge >= 0.3 is 5.97 Å². The van der Waals surface area contributed by atoms with Crippen LogP contribution in [0.4, 0.5) is 4.39 Å². The van der Waals surface area contributed by atoms with Gasteiger partial charge in [0.15, 0.2) is 0 Å². The van der Waals surface area contributed by atoms with Crippen LogP contribution in [0, 0.1) is 12.7 Å². The highest BCUT2D eigenvalue weighted by Gasteiger charge is 2.30. The number of benzene rings is 1. The van der Waals surface area contributed by atoms with Crippen molar-refractivity contribution >= 4 is 22.8 Å². The molecule has 13 heteroatoms. The second-order valence-electron chi connectivity index (χ2n) is 9.57. The van der Waals surface area contributed by atoms with Crippen LogP contribution in [-0.4, -0.2) is 38.2 Å². The third-order valence-electron chi connectivity index (χ3n) is 7.15. The molecule has 1 amide bonds. The van der Waals surface area contributed by atoms with Gasteiger partial charge in [0, 0.05) is 43.0 Å². The molecular formula is C29H37FN6O6. The molecule has 1 aliphatic heterocycles. The Morgan fingerprint density at radius 1 is 1.17 bits per heavy atom. The fourth-order valence-corrected chi connectivity index (χ4v) is 5.15. The van der Waals surface area contributed by atoms with Gasteiger partial charge in [-0.2, -0.15) is 0 Å². The molecule has 0 fully saturated rings. The van der Waals surface area contributed by atoms with Crippen molar-refractivity contribution in [3.05, 3.63) is 67.5 Å². The second-order valence-corrected chi connectivity index (χ2v) is 9.57. The third-order valence-corrected chi connectivity index (χ3v) is 7.15. The summed E-state index contributed by atoms with van der Waals surface area (Å²) in [6, 6.07) is 2.94. The van der Waals surface area contributed by atoms with Crippen molar-refractivity contribution in [2.45, 2.75) is 66.5 Å². The monoisotopic (exact) mass is 584 g/mol. The summed E-state index contributed by atoms with van der Waals surface area (Å²) in [7, 11) is 0. The number of fused-ring (bicyclic) bond motifs is 4. The number of ether oxygens (including phenoxy) is 1. The number of primary amides is 1. The maximum Gasteiger partial charge on any atom is 0.302 e. The molecule has 0 atom stereocenters. The molecule has 0 bridgehead atoms. The molecule has 0 radical (unpaired) electrons. The maximum atomic E-state index is 14.5. The van der Waals surface area contributed by atoms with Crippen molar-refractivity contribution in [3.8, 4) is 17.1 Å². The van der Waals surface area contributed by atoms with Crippen LogP contribution in [0.3, 0.4) is 0 Å². The van der Waals surface area contributed by atoms with E-state index in [1.54, 1.807) is 11.5 Å². The number of halogens is 1. The standard InChI is InChI=1S/C22H19FN2O4.C5H12N4O2.C2H6/c1-10-12-4-3-5-13-14-8-25-18(21(14)24-17(20(12)13)6-16(10)23)7-19(27)15(22(25)28)9-29-11(2)26;6-4(5(7)11)3(9-8)1-2-10;1-2/h6-7,27H,3-5,8-9H2,1-2H3;9-10H,1-2,6,8H2,(H2,7,11);1-2H3/b;4-3-;. The number of carbonyl (C=O) groups is 2. The Balaban J connectivity index is 0.000000317. The first kappa shape index (κ1) is 32.0. The number of esters is 1. The molecule has 3 aromatic rings. The normalized spacial score (nSPS) is 13.0. The van der Waals surface area contributed by atoms with E-state index in [9.17, 15) is 23.9 Å². The zero-order chi connectivity index (χ0) is 31.3. The van der Waals surface area contributed by atoms with E-state index < -0.39 is 17.4 Å². The van der Waals surface area contributed by atoms with E-state index in [0.717, 1.165) is 41.3 Å². The van der Waals surface area contributed by atoms with Crippen molar-refractivity contribution < 1.29 is 28.9 Å². The van der Waals surface area contributed by atoms with Gasteiger partial charge in [-0.05, 0) is 42.9 Å². The number of pyridine rings is 2. The predicted molar refractivity (Wildman–Crippen MR) is 155 cm³/mol. The van der Waals surface area contributed by atoms with Crippen LogP contribution in [0.1, 0.15) is 61.4 Å². The van der Waals surface area contributed by atoms with Gasteiger partial charge in [-0.25, -0.2) is 9.37 Å². The van der Waals surface area contributed by atoms with Crippen LogP contribution in [-0.2, 0) is 40.3 Å². The Hall–Kier alpha value is -4.49. The first-order valence-electron chi connectivity index (χ1n) is 13.6. The van der Waals surface area contributed by atoms with Gasteiger partial charge < -0.3 is 36.4 Å². The second kappa shape index (κ2) is 13.4. The largest absolute Gasteiger partial charge is 0.507 e. The highest BCUT2D eigenvalue weighted by Crippen LogP contribution is 2.41. The molecule has 1 aromatic carbocycles. The number of aromatic nitrogens is 2. The van der Waals surface area contributed by atoms with Gasteiger partial charge in [0.1, 0.15) is 23.9 Å². The zero-order valence-electron chi connectivity index (χ0n) is 24.1. The molecule has 12 nitrogen and oxygen atoms in total. The van der Waals surface area contributed by atoms with Gasteiger partial charge in [-0.3, -0.25) is 20.2 Å². The minimum atomic E-state index is -0.758. The van der Waals surface area contributed by atoms with Crippen molar-refractivity contribution in [1.82, 2.24) is 15.0 Å². The molecular weight excluding hydrogens is 547 g/mol. The van der Waals surface area contributed by atoms with E-state index >= 15 is 0 Å². The van der Waals surface area contributed by atoms with E-state index in [0.29, 0.717) is 29.0 Å². The van der Waals surface area contributed by atoms with Crippen LogP contribution < -0.4 is 28.3 Å². The zero-order valence-corrected chi connectivity index (χ0v) is 24.1. The number of aliphatic hydroxyl groups is 1. The summed E-state index contributed by atoms with van der Waals surface area (Å²) in [6.07, 6.45) is 2.75. The lowest BCUT2D eigenvalue weighted by Crippen LogP contribution is -2.31. The maximum absolute atomic E-state index is 14.5. The number of amides is 1. The summed E-state index contributed by atoms with van der Waals surface area (Å²) in [5.74, 6) is 3.20. The highest BCUT2D eigenvalue weighted by molar-refractivity contribution is 5.92. The molecule has 9 N–H and O–H groups in total. The lowest BCUT2D eigenvalue weighted by Gasteiger charge is -2.21. The van der Waals surface area contributed by atoms with E-state index in [4.69, 9.17) is 32.1 Å². The number of aliphatic hydroxyl groups excluding tert-OH is 1. The Morgan fingerprint density at radius 2 is 1.83 bits per heavy atom. The van der Waals surface area contributed by atoms with E-state index in [1.807, 2.05) is 13.8 Å². The average Bonchev–Trinajstić information content (AvgIpc) is 3.34. The molecule has 226 valence electrons. The smallest absolute Gasteiger partial charge is 0.302 e. The minimum absolute atomic E-state index is 0.0394. The fourth-order valence-electron chi connectivity index (χ4n) is 5.15. The first-order valence-corrected chi connectivity index (χ1v) is 13.6. The number of nitrogens with one attached hydrogen (secondary N) is 1. The highest BCUT2D eigenvalue weighted by atomic mass is 19.1. The molecule has 3 heterocycles. The Bertz CT molecular complexity index is 1630. The van der Waals surface area contributed by atoms with Crippen molar-refractivity contribution in [2.24, 2.45) is 17.3 Å². The quantitative estimate of drug-likeness (QED) is 0.0835. The van der Waals surface area contributed by atoms with Crippen LogP contribution in [0.25, 0.3) is 22.3 Å². The molecule has 5 rings (SSSR count). The van der Waals surface area contributed by atoms with Gasteiger partial charge in [0.2, 0.25) is 0 Å². The number of hydrogen-bond donors (Lipinski definition) is 6. The predicted octanol–water partition coefficient (Wildman–Crippen LogP) is 1.64. The number of aromatic hydroxyl groups is 1. The van der Waals surface area contributed by atoms with Crippen LogP contribution in [0.2, 0.25) is 0 Å². The number of nitrogens with two attached hydrogens (primary N) is 3. The van der Waals surface area contributed by atoms with Crippen LogP contribution >= 0.6 is 0 Å². The summed E-state index contributed by atoms with van der Waals surface area (Å²) in [6.45, 7) is 6.95. The fraction of sp³-hybridized carbons (Fsp3) is 0.379. The first-order chi connectivity index (χ1) is 20.0. The van der Waals surface area contributed by atoms with Gasteiger partial charge in [-0.15, -0.1) is 0 Å². The molecule has 42 heavy (non-hydrogen) atoms. The van der Waals surface area contributed by atoms with Gasteiger partial charge in [0.25, 0.3) is 11.5 Å². The Morgan fingerprint density at radius 3 is 2.43 bits per heavy atom. The third kappa shape index (κ3) is 6.06. The minimum Gasteiger partial charge on any atom is -0.507 e. The van der Waals surface area contributed by atoms with E-state index in [1.165, 1.54) is 19.1 Å². The molecule has 1 aliphatic carbocycles. The summed E-state index contributed by atoms with van der Waals surface area (Å²) in [5, 5.41) is 19.8. The van der Waals surface area contributed by atoms with Gasteiger partial charge in [-0.1, -0.05) is 13.8 Å². The topological polar surface area (TPSA) is 209 Å². The molecule has 0 unspecified atom stereocenters. The number of rotatable bonds is 6. The van der Waals surface area contributed by atoms with E-state index in [-0.39, 0.29) is 48.2 Å². The molecule has 2 aliphatic rings. The summed E-state index contributed by atoms with van der Waals surface area (Å²) < 4.78 is 20.9. The molecule has 0 spiro atoms. The Kier molecular flexibility index (Phi) is 10.3. The van der Waals surface area contributed by atoms with Crippen molar-refractivity contribution in [1.29, 1.82) is 0 Å². The molecule has 0 saturated carbocycles. The van der Waals surface area contributed by atoms with Crippen molar-refractivity contribution in [3.63, 3.8) is 0 Å². The van der Waals surface area contributed by atoms with Crippen LogP contribution in [0.15, 0.2) is 28.3 Å². The average molecular weight is 585 g/mol. The molecule has 0 saturated heterocycles. The number of hydrazine groups is 1. The number of carbonyl (C=O) groups excluding carboxylic acids is 2. The van der Waals surface area contributed by atoms with Gasteiger partial charge in [0.05, 0.1) is 34.7 Å².